The molecule has 0 aliphatic heterocycles. The largest absolute Gasteiger partial charge is 0.395 e. The Morgan fingerprint density at radius 1 is 0.767 bits per heavy atom. The van der Waals surface area contributed by atoms with Crippen LogP contribution in [0.4, 0.5) is 5.13 Å². The number of para-hydroxylation sites is 2. The first-order chi connectivity index (χ1) is 14.7. The van der Waals surface area contributed by atoms with E-state index in [1.54, 1.807) is 11.3 Å². The van der Waals surface area contributed by atoms with Crippen molar-refractivity contribution in [2.24, 2.45) is 0 Å². The molecule has 0 spiro atoms. The molecule has 4 nitrogen and oxygen atoms in total. The van der Waals surface area contributed by atoms with Crippen molar-refractivity contribution in [1.29, 1.82) is 0 Å². The van der Waals surface area contributed by atoms with Gasteiger partial charge in [-0.15, -0.1) is 11.3 Å². The molecule has 0 fully saturated rings. The van der Waals surface area contributed by atoms with Crippen LogP contribution in [0, 0.1) is 0 Å². The highest BCUT2D eigenvalue weighted by atomic mass is 35.5. The minimum absolute atomic E-state index is 0.128. The second kappa shape index (κ2) is 10.00. The topological polar surface area (TPSA) is 49.3 Å². The number of thiazole rings is 2. The Morgan fingerprint density at radius 2 is 1.37 bits per heavy atom. The van der Waals surface area contributed by atoms with Gasteiger partial charge in [0.05, 0.1) is 27.0 Å². The molecule has 0 atom stereocenters. The lowest BCUT2D eigenvalue weighted by atomic mass is 10.2. The zero-order valence-corrected chi connectivity index (χ0v) is 18.5. The molecule has 0 bridgehead atoms. The minimum atomic E-state index is 0.128. The van der Waals surface area contributed by atoms with Crippen LogP contribution in [0.15, 0.2) is 78.9 Å². The minimum Gasteiger partial charge on any atom is -0.395 e. The van der Waals surface area contributed by atoms with Crippen LogP contribution in [0.2, 0.25) is 4.47 Å². The summed E-state index contributed by atoms with van der Waals surface area (Å²) < 4.78 is 2.94. The number of hydrogen-bond donors (Lipinski definition) is 1. The molecular weight excluding hydrogens is 434 g/mol. The van der Waals surface area contributed by atoms with Crippen LogP contribution in [0.1, 0.15) is 5.56 Å². The normalized spacial score (nSPS) is 10.7. The summed E-state index contributed by atoms with van der Waals surface area (Å²) in [4.78, 5) is 10.9. The van der Waals surface area contributed by atoms with Gasteiger partial charge in [-0.05, 0) is 29.8 Å². The predicted molar refractivity (Wildman–Crippen MR) is 129 cm³/mol. The van der Waals surface area contributed by atoms with Gasteiger partial charge in [0.1, 0.15) is 0 Å². The van der Waals surface area contributed by atoms with Crippen molar-refractivity contribution in [3.8, 4) is 0 Å². The van der Waals surface area contributed by atoms with Crippen LogP contribution < -0.4 is 4.90 Å². The monoisotopic (exact) mass is 453 g/mol. The van der Waals surface area contributed by atoms with Crippen LogP contribution in [0.25, 0.3) is 20.4 Å². The molecule has 3 aromatic carbocycles. The Bertz CT molecular complexity index is 1160. The molecule has 7 heteroatoms. The summed E-state index contributed by atoms with van der Waals surface area (Å²) in [5.74, 6) is 0. The number of hydrogen-bond acceptors (Lipinski definition) is 6. The van der Waals surface area contributed by atoms with E-state index in [1.165, 1.54) is 21.6 Å². The van der Waals surface area contributed by atoms with Crippen molar-refractivity contribution < 1.29 is 5.11 Å². The summed E-state index contributed by atoms with van der Waals surface area (Å²) in [6.07, 6.45) is 0. The summed E-state index contributed by atoms with van der Waals surface area (Å²) in [6, 6.07) is 26.3. The SMILES string of the molecule is Clc1nc2ccccc2s1.OCCN(Cc1ccccc1)c1nc2ccccc2s1. The summed E-state index contributed by atoms with van der Waals surface area (Å²) >= 11 is 8.87. The van der Waals surface area contributed by atoms with E-state index in [0.717, 1.165) is 27.4 Å². The van der Waals surface area contributed by atoms with Gasteiger partial charge in [0.2, 0.25) is 0 Å². The van der Waals surface area contributed by atoms with Crippen molar-refractivity contribution in [3.63, 3.8) is 0 Å². The summed E-state index contributed by atoms with van der Waals surface area (Å²) in [6.45, 7) is 1.48. The quantitative estimate of drug-likeness (QED) is 0.342. The average molecular weight is 454 g/mol. The molecule has 0 aliphatic rings. The molecule has 0 saturated heterocycles. The molecule has 0 aliphatic carbocycles. The first-order valence-electron chi connectivity index (χ1n) is 9.49. The molecule has 0 amide bonds. The molecule has 2 aromatic heterocycles. The summed E-state index contributed by atoms with van der Waals surface area (Å²) in [5, 5.41) is 10.2. The number of anilines is 1. The highest BCUT2D eigenvalue weighted by Gasteiger charge is 2.12. The number of fused-ring (bicyclic) bond motifs is 2. The molecule has 5 aromatic rings. The van der Waals surface area contributed by atoms with Gasteiger partial charge in [-0.25, -0.2) is 9.97 Å². The Kier molecular flexibility index (Phi) is 6.92. The third-order valence-corrected chi connectivity index (χ3v) is 6.65. The van der Waals surface area contributed by atoms with Crippen molar-refractivity contribution in [2.75, 3.05) is 18.1 Å². The second-order valence-corrected chi connectivity index (χ2v) is 9.15. The fourth-order valence-corrected chi connectivity index (χ4v) is 5.03. The molecule has 0 unspecified atom stereocenters. The van der Waals surface area contributed by atoms with Crippen molar-refractivity contribution >= 4 is 59.8 Å². The summed E-state index contributed by atoms with van der Waals surface area (Å²) in [5.41, 5.74) is 3.22. The van der Waals surface area contributed by atoms with E-state index >= 15 is 0 Å². The molecular formula is C23H20ClN3OS2. The Morgan fingerprint density at radius 3 is 2.00 bits per heavy atom. The third kappa shape index (κ3) is 5.15. The maximum Gasteiger partial charge on any atom is 0.186 e. The van der Waals surface area contributed by atoms with Crippen LogP contribution in [-0.2, 0) is 6.54 Å². The van der Waals surface area contributed by atoms with E-state index in [0.29, 0.717) is 11.0 Å². The van der Waals surface area contributed by atoms with Crippen molar-refractivity contribution in [1.82, 2.24) is 9.97 Å². The number of aliphatic hydroxyl groups is 1. The number of halogens is 1. The van der Waals surface area contributed by atoms with E-state index in [9.17, 15) is 5.11 Å². The first kappa shape index (κ1) is 20.8. The van der Waals surface area contributed by atoms with Gasteiger partial charge >= 0.3 is 0 Å². The lowest BCUT2D eigenvalue weighted by molar-refractivity contribution is 0.301. The van der Waals surface area contributed by atoms with E-state index < -0.39 is 0 Å². The lowest BCUT2D eigenvalue weighted by Gasteiger charge is -2.20. The van der Waals surface area contributed by atoms with Gasteiger partial charge in [-0.3, -0.25) is 0 Å². The number of aliphatic hydroxyl groups excluding tert-OH is 1. The molecule has 0 radical (unpaired) electrons. The number of nitrogens with zero attached hydrogens (tertiary/aromatic N) is 3. The zero-order valence-electron chi connectivity index (χ0n) is 16.1. The van der Waals surface area contributed by atoms with E-state index in [-0.39, 0.29) is 6.61 Å². The molecule has 1 N–H and O–H groups in total. The van der Waals surface area contributed by atoms with E-state index in [2.05, 4.69) is 33.1 Å². The Balaban J connectivity index is 0.000000181. The highest BCUT2D eigenvalue weighted by molar-refractivity contribution is 7.22. The highest BCUT2D eigenvalue weighted by Crippen LogP contribution is 2.29. The Hall–Kier alpha value is -2.51. The molecule has 0 saturated carbocycles. The van der Waals surface area contributed by atoms with Gasteiger partial charge < -0.3 is 10.0 Å². The number of aromatic nitrogens is 2. The van der Waals surface area contributed by atoms with Crippen LogP contribution in [0.3, 0.4) is 0 Å². The zero-order chi connectivity index (χ0) is 20.8. The first-order valence-corrected chi connectivity index (χ1v) is 11.5. The number of benzene rings is 3. The third-order valence-electron chi connectivity index (χ3n) is 4.41. The molecule has 5 rings (SSSR count). The van der Waals surface area contributed by atoms with Gasteiger partial charge in [-0.1, -0.05) is 77.5 Å². The van der Waals surface area contributed by atoms with Gasteiger partial charge in [-0.2, -0.15) is 0 Å². The molecule has 2 heterocycles. The van der Waals surface area contributed by atoms with Crippen LogP contribution in [-0.4, -0.2) is 28.2 Å². The second-order valence-electron chi connectivity index (χ2n) is 6.53. The van der Waals surface area contributed by atoms with Crippen molar-refractivity contribution in [2.45, 2.75) is 6.54 Å². The molecule has 152 valence electrons. The molecule has 30 heavy (non-hydrogen) atoms. The predicted octanol–water partition coefficient (Wildman–Crippen LogP) is 6.24. The fourth-order valence-electron chi connectivity index (χ4n) is 3.01. The maximum absolute atomic E-state index is 9.29. The summed E-state index contributed by atoms with van der Waals surface area (Å²) in [7, 11) is 0. The van der Waals surface area contributed by atoms with Crippen LogP contribution in [0.5, 0.6) is 0 Å². The van der Waals surface area contributed by atoms with Crippen molar-refractivity contribution in [3.05, 3.63) is 88.9 Å². The van der Waals surface area contributed by atoms with Crippen LogP contribution >= 0.6 is 34.3 Å². The maximum atomic E-state index is 9.29. The van der Waals surface area contributed by atoms with Gasteiger partial charge in [0.25, 0.3) is 0 Å². The average Bonchev–Trinajstić information content (AvgIpc) is 3.37. The van der Waals surface area contributed by atoms with Gasteiger partial charge in [0.15, 0.2) is 9.60 Å². The standard InChI is InChI=1S/C16H16N2OS.C7H4ClNS/c19-11-10-18(12-13-6-2-1-3-7-13)16-17-14-8-4-5-9-15(14)20-16;8-7-9-5-3-1-2-4-6(5)10-7/h1-9,19H,10-12H2;1-4H. The van der Waals surface area contributed by atoms with E-state index in [4.69, 9.17) is 11.6 Å². The fraction of sp³-hybridized carbons (Fsp3) is 0.130. The smallest absolute Gasteiger partial charge is 0.186 e. The number of rotatable bonds is 5. The lowest BCUT2D eigenvalue weighted by Crippen LogP contribution is -2.25. The Labute approximate surface area is 188 Å². The van der Waals surface area contributed by atoms with E-state index in [1.807, 2.05) is 60.7 Å². The van der Waals surface area contributed by atoms with Gasteiger partial charge in [0, 0.05) is 13.1 Å².